The maximum absolute atomic E-state index is 12.9. The van der Waals surface area contributed by atoms with Gasteiger partial charge in [-0.2, -0.15) is 0 Å². The highest BCUT2D eigenvalue weighted by molar-refractivity contribution is 5.85. The minimum Gasteiger partial charge on any atom is -0.383 e. The highest BCUT2D eigenvalue weighted by Gasteiger charge is 2.28. The number of hydrogen-bond donors (Lipinski definition) is 1. The molecular formula is C14H16ClFN2O. The maximum Gasteiger partial charge on any atom is 0.123 e. The summed E-state index contributed by atoms with van der Waals surface area (Å²) in [6.45, 7) is 4.01. The average Bonchev–Trinajstić information content (AvgIpc) is 2.82. The van der Waals surface area contributed by atoms with Gasteiger partial charge in [-0.15, -0.1) is 19.0 Å². The van der Waals surface area contributed by atoms with Crippen LogP contribution in [0.25, 0.3) is 0 Å². The first kappa shape index (κ1) is 15.4. The van der Waals surface area contributed by atoms with E-state index < -0.39 is 5.60 Å². The van der Waals surface area contributed by atoms with Crippen LogP contribution in [-0.2, 0) is 12.1 Å². The van der Waals surface area contributed by atoms with E-state index in [1.165, 1.54) is 12.1 Å². The number of nitrogens with zero attached hydrogens (tertiary/aromatic N) is 2. The van der Waals surface area contributed by atoms with Gasteiger partial charge in [0, 0.05) is 12.4 Å². The first-order valence-electron chi connectivity index (χ1n) is 5.69. The monoisotopic (exact) mass is 282 g/mol. The summed E-state index contributed by atoms with van der Waals surface area (Å²) in [4.78, 5) is 3.94. The lowest BCUT2D eigenvalue weighted by Crippen LogP contribution is -2.30. The van der Waals surface area contributed by atoms with E-state index in [0.29, 0.717) is 18.5 Å². The molecule has 0 spiro atoms. The molecule has 1 aromatic heterocycles. The highest BCUT2D eigenvalue weighted by Crippen LogP contribution is 2.27. The van der Waals surface area contributed by atoms with E-state index in [2.05, 4.69) is 11.6 Å². The van der Waals surface area contributed by atoms with Gasteiger partial charge < -0.3 is 9.67 Å². The SMILES string of the molecule is C=CCC(O)(Cn1ccnc1)c1ccc(F)cc1.Cl. The fraction of sp³-hybridized carbons (Fsp3) is 0.214. The molecule has 0 saturated carbocycles. The Kier molecular flexibility index (Phi) is 5.27. The largest absolute Gasteiger partial charge is 0.383 e. The van der Waals surface area contributed by atoms with Gasteiger partial charge in [-0.1, -0.05) is 18.2 Å². The number of aliphatic hydroxyl groups is 1. The van der Waals surface area contributed by atoms with Gasteiger partial charge in [-0.05, 0) is 24.1 Å². The molecule has 0 aliphatic heterocycles. The molecule has 0 aliphatic rings. The topological polar surface area (TPSA) is 38.0 Å². The van der Waals surface area contributed by atoms with E-state index in [1.54, 1.807) is 41.5 Å². The molecule has 19 heavy (non-hydrogen) atoms. The molecule has 0 amide bonds. The third kappa shape index (κ3) is 3.66. The number of halogens is 2. The molecule has 1 heterocycles. The Bertz CT molecular complexity index is 513. The fourth-order valence-corrected chi connectivity index (χ4v) is 1.95. The number of aromatic nitrogens is 2. The van der Waals surface area contributed by atoms with Crippen molar-refractivity contribution in [2.75, 3.05) is 0 Å². The van der Waals surface area contributed by atoms with E-state index in [4.69, 9.17) is 0 Å². The molecule has 0 saturated heterocycles. The second kappa shape index (κ2) is 6.50. The first-order valence-corrected chi connectivity index (χ1v) is 5.69. The van der Waals surface area contributed by atoms with Gasteiger partial charge in [0.2, 0.25) is 0 Å². The summed E-state index contributed by atoms with van der Waals surface area (Å²) in [6.07, 6.45) is 7.10. The van der Waals surface area contributed by atoms with Crippen molar-refractivity contribution in [2.24, 2.45) is 0 Å². The van der Waals surface area contributed by atoms with E-state index in [1.807, 2.05) is 0 Å². The molecule has 1 unspecified atom stereocenters. The van der Waals surface area contributed by atoms with Gasteiger partial charge in [0.1, 0.15) is 11.4 Å². The second-order valence-electron chi connectivity index (χ2n) is 4.27. The molecule has 5 heteroatoms. The quantitative estimate of drug-likeness (QED) is 0.857. The van der Waals surface area contributed by atoms with Crippen LogP contribution in [0.5, 0.6) is 0 Å². The molecule has 0 bridgehead atoms. The van der Waals surface area contributed by atoms with Gasteiger partial charge >= 0.3 is 0 Å². The van der Waals surface area contributed by atoms with Crippen molar-refractivity contribution in [1.82, 2.24) is 9.55 Å². The van der Waals surface area contributed by atoms with Gasteiger partial charge in [0.25, 0.3) is 0 Å². The Morgan fingerprint density at radius 3 is 2.58 bits per heavy atom. The Morgan fingerprint density at radius 1 is 1.37 bits per heavy atom. The van der Waals surface area contributed by atoms with Crippen molar-refractivity contribution >= 4 is 12.4 Å². The van der Waals surface area contributed by atoms with Crippen molar-refractivity contribution < 1.29 is 9.50 Å². The van der Waals surface area contributed by atoms with Gasteiger partial charge in [0.05, 0.1) is 12.9 Å². The first-order chi connectivity index (χ1) is 8.64. The van der Waals surface area contributed by atoms with Gasteiger partial charge in [-0.25, -0.2) is 9.37 Å². The minimum absolute atomic E-state index is 0. The van der Waals surface area contributed by atoms with Gasteiger partial charge in [-0.3, -0.25) is 0 Å². The molecule has 1 N–H and O–H groups in total. The summed E-state index contributed by atoms with van der Waals surface area (Å²) in [6, 6.07) is 5.88. The van der Waals surface area contributed by atoms with Crippen LogP contribution in [0.3, 0.4) is 0 Å². The Morgan fingerprint density at radius 2 is 2.05 bits per heavy atom. The van der Waals surface area contributed by atoms with Crippen LogP contribution in [-0.4, -0.2) is 14.7 Å². The third-order valence-corrected chi connectivity index (χ3v) is 2.87. The lowest BCUT2D eigenvalue weighted by atomic mass is 9.90. The van der Waals surface area contributed by atoms with E-state index in [9.17, 15) is 9.50 Å². The zero-order chi connectivity index (χ0) is 13.0. The highest BCUT2D eigenvalue weighted by atomic mass is 35.5. The van der Waals surface area contributed by atoms with E-state index in [-0.39, 0.29) is 18.2 Å². The molecule has 2 rings (SSSR count). The van der Waals surface area contributed by atoms with Crippen LogP contribution in [0.4, 0.5) is 4.39 Å². The number of benzene rings is 1. The lowest BCUT2D eigenvalue weighted by Gasteiger charge is -2.28. The van der Waals surface area contributed by atoms with Crippen molar-refractivity contribution in [1.29, 1.82) is 0 Å². The second-order valence-corrected chi connectivity index (χ2v) is 4.27. The molecule has 0 fully saturated rings. The van der Waals surface area contributed by atoms with Crippen molar-refractivity contribution in [3.63, 3.8) is 0 Å². The summed E-state index contributed by atoms with van der Waals surface area (Å²) in [5.74, 6) is -0.317. The zero-order valence-corrected chi connectivity index (χ0v) is 11.2. The maximum atomic E-state index is 12.9. The van der Waals surface area contributed by atoms with E-state index >= 15 is 0 Å². The third-order valence-electron chi connectivity index (χ3n) is 2.87. The molecule has 0 aliphatic carbocycles. The zero-order valence-electron chi connectivity index (χ0n) is 10.4. The summed E-state index contributed by atoms with van der Waals surface area (Å²) >= 11 is 0. The molecule has 3 nitrogen and oxygen atoms in total. The van der Waals surface area contributed by atoms with Crippen molar-refractivity contribution in [3.8, 4) is 0 Å². The Labute approximate surface area is 117 Å². The smallest absolute Gasteiger partial charge is 0.123 e. The number of imidazole rings is 1. The molecule has 102 valence electrons. The van der Waals surface area contributed by atoms with Gasteiger partial charge in [0.15, 0.2) is 0 Å². The number of hydrogen-bond acceptors (Lipinski definition) is 2. The predicted octanol–water partition coefficient (Wildman–Crippen LogP) is 2.91. The van der Waals surface area contributed by atoms with Crippen LogP contribution < -0.4 is 0 Å². The minimum atomic E-state index is -1.10. The molecular weight excluding hydrogens is 267 g/mol. The fourth-order valence-electron chi connectivity index (χ4n) is 1.95. The number of rotatable bonds is 5. The molecule has 1 aromatic carbocycles. The lowest BCUT2D eigenvalue weighted by molar-refractivity contribution is 0.0213. The molecule has 1 atom stereocenters. The predicted molar refractivity (Wildman–Crippen MR) is 74.6 cm³/mol. The summed E-state index contributed by atoms with van der Waals surface area (Å²) < 4.78 is 14.7. The Hall–Kier alpha value is -1.65. The standard InChI is InChI=1S/C14H15FN2O.ClH/c1-2-7-14(18,10-17-9-8-16-11-17)12-3-5-13(15)6-4-12;/h2-6,8-9,11,18H,1,7,10H2;1H. The summed E-state index contributed by atoms with van der Waals surface area (Å²) in [5, 5.41) is 10.7. The van der Waals surface area contributed by atoms with Crippen LogP contribution in [0, 0.1) is 5.82 Å². The van der Waals surface area contributed by atoms with Crippen LogP contribution in [0.1, 0.15) is 12.0 Å². The Balaban J connectivity index is 0.00000180. The molecule has 0 radical (unpaired) electrons. The van der Waals surface area contributed by atoms with Crippen LogP contribution in [0.15, 0.2) is 55.6 Å². The van der Waals surface area contributed by atoms with Crippen LogP contribution >= 0.6 is 12.4 Å². The summed E-state index contributed by atoms with van der Waals surface area (Å²) in [5.41, 5.74) is -0.437. The van der Waals surface area contributed by atoms with Crippen molar-refractivity contribution in [3.05, 3.63) is 67.0 Å². The van der Waals surface area contributed by atoms with E-state index in [0.717, 1.165) is 0 Å². The summed E-state index contributed by atoms with van der Waals surface area (Å²) in [7, 11) is 0. The normalized spacial score (nSPS) is 13.4. The van der Waals surface area contributed by atoms with Crippen LogP contribution in [0.2, 0.25) is 0 Å². The average molecular weight is 283 g/mol. The van der Waals surface area contributed by atoms with Crippen molar-refractivity contribution in [2.45, 2.75) is 18.6 Å². The molecule has 2 aromatic rings.